The largest absolute Gasteiger partial charge is 0.463 e. The number of amides is 2. The minimum atomic E-state index is -0.599. The van der Waals surface area contributed by atoms with Gasteiger partial charge in [-0.05, 0) is 66.8 Å². The molecule has 6 nitrogen and oxygen atoms in total. The second-order valence-corrected chi connectivity index (χ2v) is 11.1. The number of hydrogen-bond acceptors (Lipinski definition) is 4. The first-order chi connectivity index (χ1) is 21.9. The van der Waals surface area contributed by atoms with Gasteiger partial charge >= 0.3 is 5.97 Å². The van der Waals surface area contributed by atoms with E-state index in [2.05, 4.69) is 29.6 Å². The fourth-order valence-corrected chi connectivity index (χ4v) is 5.96. The molecule has 4 aromatic carbocycles. The number of ether oxygens (including phenoxy) is 1. The standard InChI is InChI=1S/C38H37FN2O4/c1-3-45-38(44)36-26(2)41(35(42)24-34(36)31-15-10-16-32(39)23-31)25-27-17-19-30(20-18-27)37(43)40-22-21-33(28-11-6-4-7-12-28)29-13-8-5-9-14-29/h4-20,23,33-34H,3,21-22,24-25H2,1-2H3,(H,40,43). The third kappa shape index (κ3) is 7.55. The molecule has 1 aliphatic heterocycles. The molecule has 1 aliphatic rings. The van der Waals surface area contributed by atoms with Gasteiger partial charge in [0.05, 0.1) is 18.7 Å². The Morgan fingerprint density at radius 2 is 1.56 bits per heavy atom. The number of halogens is 1. The van der Waals surface area contributed by atoms with Crippen molar-refractivity contribution in [2.75, 3.05) is 13.2 Å². The number of carbonyl (C=O) groups excluding carboxylic acids is 3. The minimum absolute atomic E-state index is 0.0163. The van der Waals surface area contributed by atoms with Gasteiger partial charge in [-0.3, -0.25) is 9.59 Å². The summed E-state index contributed by atoms with van der Waals surface area (Å²) in [6, 6.07) is 33.6. The smallest absolute Gasteiger partial charge is 0.336 e. The zero-order chi connectivity index (χ0) is 31.8. The Hall–Kier alpha value is -5.04. The van der Waals surface area contributed by atoms with Crippen LogP contribution in [0.4, 0.5) is 4.39 Å². The van der Waals surface area contributed by atoms with E-state index in [1.54, 1.807) is 43.0 Å². The average Bonchev–Trinajstić information content (AvgIpc) is 3.06. The molecule has 1 unspecified atom stereocenters. The van der Waals surface area contributed by atoms with Crippen molar-refractivity contribution < 1.29 is 23.5 Å². The molecule has 0 bridgehead atoms. The first-order valence-corrected chi connectivity index (χ1v) is 15.3. The molecule has 230 valence electrons. The Kier molecular flexibility index (Phi) is 10.2. The number of hydrogen-bond donors (Lipinski definition) is 1. The number of nitrogens with one attached hydrogen (secondary N) is 1. The molecule has 1 N–H and O–H groups in total. The van der Waals surface area contributed by atoms with Crippen LogP contribution in [0.5, 0.6) is 0 Å². The van der Waals surface area contributed by atoms with Crippen molar-refractivity contribution in [2.45, 2.75) is 45.1 Å². The highest BCUT2D eigenvalue weighted by Crippen LogP contribution is 2.38. The summed E-state index contributed by atoms with van der Waals surface area (Å²) in [6.45, 7) is 4.35. The van der Waals surface area contributed by atoms with Crippen molar-refractivity contribution in [1.82, 2.24) is 10.2 Å². The van der Waals surface area contributed by atoms with E-state index in [9.17, 15) is 18.8 Å². The van der Waals surface area contributed by atoms with E-state index in [1.807, 2.05) is 48.5 Å². The predicted octanol–water partition coefficient (Wildman–Crippen LogP) is 7.13. The van der Waals surface area contributed by atoms with Gasteiger partial charge in [-0.1, -0.05) is 84.9 Å². The monoisotopic (exact) mass is 604 g/mol. The first-order valence-electron chi connectivity index (χ1n) is 15.3. The Balaban J connectivity index is 1.26. The molecule has 4 aromatic rings. The molecule has 1 heterocycles. The molecule has 5 rings (SSSR count). The quantitative estimate of drug-likeness (QED) is 0.185. The van der Waals surface area contributed by atoms with Gasteiger partial charge in [0.2, 0.25) is 5.91 Å². The summed E-state index contributed by atoms with van der Waals surface area (Å²) in [7, 11) is 0. The van der Waals surface area contributed by atoms with E-state index >= 15 is 0 Å². The van der Waals surface area contributed by atoms with Gasteiger partial charge in [0.15, 0.2) is 0 Å². The van der Waals surface area contributed by atoms with Crippen LogP contribution in [0.1, 0.15) is 71.1 Å². The lowest BCUT2D eigenvalue weighted by molar-refractivity contribution is -0.140. The first kappa shape index (κ1) is 31.4. The van der Waals surface area contributed by atoms with Gasteiger partial charge in [0, 0.05) is 36.1 Å². The van der Waals surface area contributed by atoms with Crippen LogP contribution >= 0.6 is 0 Å². The molecule has 45 heavy (non-hydrogen) atoms. The van der Waals surface area contributed by atoms with Crippen molar-refractivity contribution in [1.29, 1.82) is 0 Å². The molecule has 7 heteroatoms. The van der Waals surface area contributed by atoms with Crippen molar-refractivity contribution in [2.24, 2.45) is 0 Å². The van der Waals surface area contributed by atoms with Crippen LogP contribution in [0.3, 0.4) is 0 Å². The van der Waals surface area contributed by atoms with Gasteiger partial charge in [-0.25, -0.2) is 9.18 Å². The van der Waals surface area contributed by atoms with Gasteiger partial charge in [0.25, 0.3) is 5.91 Å². The lowest BCUT2D eigenvalue weighted by Gasteiger charge is -2.34. The van der Waals surface area contributed by atoms with Gasteiger partial charge in [0.1, 0.15) is 5.82 Å². The number of benzene rings is 4. The topological polar surface area (TPSA) is 75.7 Å². The average molecular weight is 605 g/mol. The zero-order valence-corrected chi connectivity index (χ0v) is 25.5. The van der Waals surface area contributed by atoms with Crippen LogP contribution in [-0.4, -0.2) is 35.8 Å². The number of carbonyl (C=O) groups is 3. The van der Waals surface area contributed by atoms with Gasteiger partial charge < -0.3 is 15.0 Å². The Morgan fingerprint density at radius 3 is 2.16 bits per heavy atom. The zero-order valence-electron chi connectivity index (χ0n) is 25.5. The van der Waals surface area contributed by atoms with Crippen LogP contribution < -0.4 is 5.32 Å². The summed E-state index contributed by atoms with van der Waals surface area (Å²) in [5.41, 5.74) is 5.11. The van der Waals surface area contributed by atoms with E-state index in [0.717, 1.165) is 12.0 Å². The molecule has 0 radical (unpaired) electrons. The lowest BCUT2D eigenvalue weighted by atomic mass is 9.83. The van der Waals surface area contributed by atoms with Crippen LogP contribution in [-0.2, 0) is 20.9 Å². The molecule has 2 amide bonds. The molecular formula is C38H37FN2O4. The Bertz CT molecular complexity index is 1630. The second-order valence-electron chi connectivity index (χ2n) is 11.1. The Labute approximate surface area is 263 Å². The predicted molar refractivity (Wildman–Crippen MR) is 172 cm³/mol. The highest BCUT2D eigenvalue weighted by Gasteiger charge is 2.37. The molecular weight excluding hydrogens is 567 g/mol. The second kappa shape index (κ2) is 14.6. The number of esters is 1. The van der Waals surface area contributed by atoms with E-state index in [1.165, 1.54) is 23.3 Å². The molecule has 0 saturated carbocycles. The van der Waals surface area contributed by atoms with Crippen molar-refractivity contribution in [3.8, 4) is 0 Å². The highest BCUT2D eigenvalue weighted by molar-refractivity contribution is 5.96. The molecule has 1 atom stereocenters. The normalized spacial score (nSPS) is 14.9. The third-order valence-electron chi connectivity index (χ3n) is 8.25. The van der Waals surface area contributed by atoms with Gasteiger partial charge in [-0.2, -0.15) is 0 Å². The molecule has 0 saturated heterocycles. The highest BCUT2D eigenvalue weighted by atomic mass is 19.1. The maximum atomic E-state index is 14.0. The molecule has 0 spiro atoms. The summed E-state index contributed by atoms with van der Waals surface area (Å²) in [6.07, 6.45) is 0.766. The minimum Gasteiger partial charge on any atom is -0.463 e. The van der Waals surface area contributed by atoms with Crippen molar-refractivity contribution in [3.63, 3.8) is 0 Å². The summed E-state index contributed by atoms with van der Waals surface area (Å²) >= 11 is 0. The number of allylic oxidation sites excluding steroid dienone is 1. The fraction of sp³-hybridized carbons (Fsp3) is 0.237. The van der Waals surface area contributed by atoms with E-state index in [-0.39, 0.29) is 37.3 Å². The lowest BCUT2D eigenvalue weighted by Crippen LogP contribution is -2.38. The van der Waals surface area contributed by atoms with Crippen LogP contribution in [0.25, 0.3) is 0 Å². The molecule has 0 aliphatic carbocycles. The summed E-state index contributed by atoms with van der Waals surface area (Å²) in [4.78, 5) is 41.0. The maximum Gasteiger partial charge on any atom is 0.336 e. The third-order valence-corrected chi connectivity index (χ3v) is 8.25. The maximum absolute atomic E-state index is 14.0. The number of rotatable bonds is 11. The summed E-state index contributed by atoms with van der Waals surface area (Å²) < 4.78 is 19.4. The van der Waals surface area contributed by atoms with E-state index in [0.29, 0.717) is 28.9 Å². The van der Waals surface area contributed by atoms with Crippen LogP contribution in [0, 0.1) is 5.82 Å². The van der Waals surface area contributed by atoms with Gasteiger partial charge in [-0.15, -0.1) is 0 Å². The SMILES string of the molecule is CCOC(=O)C1=C(C)N(Cc2ccc(C(=O)NCCC(c3ccccc3)c3ccccc3)cc2)C(=O)CC1c1cccc(F)c1. The molecule has 0 aromatic heterocycles. The van der Waals surface area contributed by atoms with Crippen molar-refractivity contribution >= 4 is 17.8 Å². The van der Waals surface area contributed by atoms with E-state index < -0.39 is 17.7 Å². The Morgan fingerprint density at radius 1 is 0.911 bits per heavy atom. The fourth-order valence-electron chi connectivity index (χ4n) is 5.96. The molecule has 0 fully saturated rings. The summed E-state index contributed by atoms with van der Waals surface area (Å²) in [5.74, 6) is -1.74. The number of nitrogens with zero attached hydrogens (tertiary/aromatic N) is 1. The van der Waals surface area contributed by atoms with Crippen molar-refractivity contribution in [3.05, 3.63) is 154 Å². The van der Waals surface area contributed by atoms with E-state index in [4.69, 9.17) is 4.74 Å². The van der Waals surface area contributed by atoms with Crippen LogP contribution in [0.15, 0.2) is 120 Å². The van der Waals surface area contributed by atoms with Crippen LogP contribution in [0.2, 0.25) is 0 Å². The summed E-state index contributed by atoms with van der Waals surface area (Å²) in [5, 5.41) is 3.05.